The maximum absolute atomic E-state index is 12.8. The number of halogens is 1. The first-order chi connectivity index (χ1) is 11.2. The molecule has 0 aliphatic rings. The molecule has 0 saturated heterocycles. The lowest BCUT2D eigenvalue weighted by atomic mass is 10.1. The fourth-order valence-corrected chi connectivity index (χ4v) is 2.52. The molecule has 3 aromatic rings. The van der Waals surface area contributed by atoms with E-state index in [1.807, 2.05) is 12.1 Å². The molecule has 4 heteroatoms. The van der Waals surface area contributed by atoms with E-state index in [2.05, 4.69) is 18.3 Å². The van der Waals surface area contributed by atoms with Gasteiger partial charge in [-0.05, 0) is 35.7 Å². The first kappa shape index (κ1) is 15.3. The molecule has 0 unspecified atom stereocenters. The molecule has 0 saturated carbocycles. The maximum atomic E-state index is 12.8. The van der Waals surface area contributed by atoms with Gasteiger partial charge in [0, 0.05) is 17.5 Å². The maximum Gasteiger partial charge on any atom is 0.224 e. The zero-order valence-corrected chi connectivity index (χ0v) is 12.9. The highest BCUT2D eigenvalue weighted by Gasteiger charge is 2.10. The van der Waals surface area contributed by atoms with Gasteiger partial charge in [-0.1, -0.05) is 31.2 Å². The SMILES string of the molecule is CCc1ccc2c(CC(=O)NCc3ccc(F)cc3)coc2c1. The van der Waals surface area contributed by atoms with E-state index in [9.17, 15) is 9.18 Å². The summed E-state index contributed by atoms with van der Waals surface area (Å²) in [6.45, 7) is 2.47. The zero-order chi connectivity index (χ0) is 16.2. The summed E-state index contributed by atoms with van der Waals surface area (Å²) in [6, 6.07) is 12.2. The number of benzene rings is 2. The largest absolute Gasteiger partial charge is 0.464 e. The summed E-state index contributed by atoms with van der Waals surface area (Å²) < 4.78 is 18.4. The van der Waals surface area contributed by atoms with Crippen molar-refractivity contribution in [2.75, 3.05) is 0 Å². The number of furan rings is 1. The summed E-state index contributed by atoms with van der Waals surface area (Å²) in [5.74, 6) is -0.368. The molecule has 0 atom stereocenters. The second kappa shape index (κ2) is 6.65. The topological polar surface area (TPSA) is 42.2 Å². The zero-order valence-electron chi connectivity index (χ0n) is 12.9. The Morgan fingerprint density at radius 2 is 1.87 bits per heavy atom. The predicted octanol–water partition coefficient (Wildman–Crippen LogP) is 3.99. The number of rotatable bonds is 5. The molecule has 0 spiro atoms. The average Bonchev–Trinajstić information content (AvgIpc) is 2.96. The van der Waals surface area contributed by atoms with Gasteiger partial charge in [-0.15, -0.1) is 0 Å². The van der Waals surface area contributed by atoms with Crippen LogP contribution in [0.3, 0.4) is 0 Å². The quantitative estimate of drug-likeness (QED) is 0.774. The molecule has 1 aromatic heterocycles. The molecule has 1 amide bonds. The Morgan fingerprint density at radius 1 is 1.13 bits per heavy atom. The second-order valence-corrected chi connectivity index (χ2v) is 5.52. The lowest BCUT2D eigenvalue weighted by Gasteiger charge is -2.05. The van der Waals surface area contributed by atoms with Gasteiger partial charge in [0.15, 0.2) is 0 Å². The number of hydrogen-bond donors (Lipinski definition) is 1. The first-order valence-electron chi connectivity index (χ1n) is 7.66. The van der Waals surface area contributed by atoms with Crippen molar-refractivity contribution < 1.29 is 13.6 Å². The molecule has 0 fully saturated rings. The van der Waals surface area contributed by atoms with Crippen molar-refractivity contribution in [3.8, 4) is 0 Å². The van der Waals surface area contributed by atoms with Crippen molar-refractivity contribution in [2.45, 2.75) is 26.3 Å². The van der Waals surface area contributed by atoms with Crippen molar-refractivity contribution in [2.24, 2.45) is 0 Å². The van der Waals surface area contributed by atoms with Gasteiger partial charge in [-0.2, -0.15) is 0 Å². The highest BCUT2D eigenvalue weighted by molar-refractivity contribution is 5.87. The Bertz CT molecular complexity index is 821. The molecule has 1 N–H and O–H groups in total. The third-order valence-electron chi connectivity index (χ3n) is 3.88. The molecular formula is C19H18FNO2. The molecule has 0 aliphatic carbocycles. The Labute approximate surface area is 134 Å². The van der Waals surface area contributed by atoms with Crippen LogP contribution in [-0.4, -0.2) is 5.91 Å². The van der Waals surface area contributed by atoms with Crippen LogP contribution in [0.1, 0.15) is 23.6 Å². The van der Waals surface area contributed by atoms with Crippen LogP contribution in [0.5, 0.6) is 0 Å². The van der Waals surface area contributed by atoms with Crippen molar-refractivity contribution in [3.63, 3.8) is 0 Å². The number of fused-ring (bicyclic) bond motifs is 1. The van der Waals surface area contributed by atoms with Crippen LogP contribution < -0.4 is 5.32 Å². The van der Waals surface area contributed by atoms with Gasteiger partial charge in [0.25, 0.3) is 0 Å². The third-order valence-corrected chi connectivity index (χ3v) is 3.88. The van der Waals surface area contributed by atoms with Gasteiger partial charge in [0.1, 0.15) is 11.4 Å². The molecule has 0 bridgehead atoms. The molecule has 23 heavy (non-hydrogen) atoms. The van der Waals surface area contributed by atoms with Crippen molar-refractivity contribution >= 4 is 16.9 Å². The lowest BCUT2D eigenvalue weighted by Crippen LogP contribution is -2.24. The Hall–Kier alpha value is -2.62. The van der Waals surface area contributed by atoms with Crippen LogP contribution in [0, 0.1) is 5.82 Å². The minimum Gasteiger partial charge on any atom is -0.464 e. The standard InChI is InChI=1S/C19H18FNO2/c1-2-13-5-8-17-15(12-23-18(17)9-13)10-19(22)21-11-14-3-6-16(20)7-4-14/h3-9,12H,2,10-11H2,1H3,(H,21,22). The minimum absolute atomic E-state index is 0.0865. The summed E-state index contributed by atoms with van der Waals surface area (Å²) in [5, 5.41) is 3.81. The van der Waals surface area contributed by atoms with E-state index in [1.54, 1.807) is 18.4 Å². The highest BCUT2D eigenvalue weighted by Crippen LogP contribution is 2.23. The summed E-state index contributed by atoms with van der Waals surface area (Å²) >= 11 is 0. The van der Waals surface area contributed by atoms with Gasteiger partial charge >= 0.3 is 0 Å². The summed E-state index contributed by atoms with van der Waals surface area (Å²) in [7, 11) is 0. The second-order valence-electron chi connectivity index (χ2n) is 5.52. The van der Waals surface area contributed by atoms with Crippen LogP contribution in [-0.2, 0) is 24.2 Å². The Balaban J connectivity index is 1.64. The molecule has 1 heterocycles. The van der Waals surface area contributed by atoms with Crippen LogP contribution in [0.4, 0.5) is 4.39 Å². The summed E-state index contributed by atoms with van der Waals surface area (Å²) in [4.78, 5) is 12.1. The van der Waals surface area contributed by atoms with Crippen LogP contribution in [0.2, 0.25) is 0 Å². The monoisotopic (exact) mass is 311 g/mol. The fourth-order valence-electron chi connectivity index (χ4n) is 2.52. The van der Waals surface area contributed by atoms with E-state index in [0.29, 0.717) is 6.54 Å². The van der Waals surface area contributed by atoms with E-state index < -0.39 is 0 Å². The van der Waals surface area contributed by atoms with Crippen LogP contribution >= 0.6 is 0 Å². The van der Waals surface area contributed by atoms with Gasteiger partial charge in [0.2, 0.25) is 5.91 Å². The number of carbonyl (C=O) groups is 1. The molecule has 2 aromatic carbocycles. The smallest absolute Gasteiger partial charge is 0.224 e. The van der Waals surface area contributed by atoms with E-state index in [0.717, 1.165) is 28.5 Å². The molecule has 3 rings (SSSR count). The summed E-state index contributed by atoms with van der Waals surface area (Å²) in [6.07, 6.45) is 2.85. The number of nitrogens with one attached hydrogen (secondary N) is 1. The molecule has 0 aliphatic heterocycles. The van der Waals surface area contributed by atoms with E-state index in [-0.39, 0.29) is 18.1 Å². The van der Waals surface area contributed by atoms with Crippen LogP contribution in [0.15, 0.2) is 53.1 Å². The Kier molecular flexibility index (Phi) is 4.42. The number of carbonyl (C=O) groups excluding carboxylic acids is 1. The fraction of sp³-hybridized carbons (Fsp3) is 0.211. The normalized spacial score (nSPS) is 10.9. The van der Waals surface area contributed by atoms with Crippen molar-refractivity contribution in [3.05, 3.63) is 71.2 Å². The number of aryl methyl sites for hydroxylation is 1. The molecule has 3 nitrogen and oxygen atoms in total. The third kappa shape index (κ3) is 3.59. The molecular weight excluding hydrogens is 293 g/mol. The minimum atomic E-state index is -0.281. The number of hydrogen-bond acceptors (Lipinski definition) is 2. The van der Waals surface area contributed by atoms with E-state index in [4.69, 9.17) is 4.42 Å². The average molecular weight is 311 g/mol. The van der Waals surface area contributed by atoms with Crippen molar-refractivity contribution in [1.29, 1.82) is 0 Å². The number of amides is 1. The predicted molar refractivity (Wildman–Crippen MR) is 87.5 cm³/mol. The highest BCUT2D eigenvalue weighted by atomic mass is 19.1. The Morgan fingerprint density at radius 3 is 2.61 bits per heavy atom. The van der Waals surface area contributed by atoms with E-state index in [1.165, 1.54) is 17.7 Å². The van der Waals surface area contributed by atoms with Gasteiger partial charge in [0.05, 0.1) is 12.7 Å². The van der Waals surface area contributed by atoms with Gasteiger partial charge in [-0.25, -0.2) is 4.39 Å². The van der Waals surface area contributed by atoms with Crippen LogP contribution in [0.25, 0.3) is 11.0 Å². The summed E-state index contributed by atoms with van der Waals surface area (Å²) in [5.41, 5.74) is 3.76. The first-order valence-corrected chi connectivity index (χ1v) is 7.66. The van der Waals surface area contributed by atoms with Gasteiger partial charge in [-0.3, -0.25) is 4.79 Å². The lowest BCUT2D eigenvalue weighted by molar-refractivity contribution is -0.120. The van der Waals surface area contributed by atoms with E-state index >= 15 is 0 Å². The molecule has 0 radical (unpaired) electrons. The van der Waals surface area contributed by atoms with Crippen molar-refractivity contribution in [1.82, 2.24) is 5.32 Å². The van der Waals surface area contributed by atoms with Gasteiger partial charge < -0.3 is 9.73 Å². The molecule has 118 valence electrons.